The maximum absolute atomic E-state index is 11.5. The molecule has 0 fully saturated rings. The summed E-state index contributed by atoms with van der Waals surface area (Å²) in [5.41, 5.74) is 2.23. The molecule has 4 rings (SSSR count). The van der Waals surface area contributed by atoms with Gasteiger partial charge in [0, 0.05) is 12.0 Å². The van der Waals surface area contributed by atoms with Gasteiger partial charge in [-0.1, -0.05) is 12.2 Å². The number of benzene rings is 1. The predicted molar refractivity (Wildman–Crippen MR) is 86.2 cm³/mol. The molecule has 128 valence electrons. The molecule has 1 spiro atoms. The minimum Gasteiger partial charge on any atom is -0.454 e. The van der Waals surface area contributed by atoms with Crippen LogP contribution < -0.4 is 14.8 Å². The molecule has 0 bridgehead atoms. The van der Waals surface area contributed by atoms with E-state index in [9.17, 15) is 4.79 Å². The molecule has 2 atom stereocenters. The lowest BCUT2D eigenvalue weighted by atomic mass is 9.65. The van der Waals surface area contributed by atoms with Crippen molar-refractivity contribution in [2.45, 2.75) is 37.4 Å². The molecule has 2 unspecified atom stereocenters. The predicted octanol–water partition coefficient (Wildman–Crippen LogP) is 2.65. The Bertz CT molecular complexity index is 686. The van der Waals surface area contributed by atoms with Crippen LogP contribution in [0.5, 0.6) is 11.5 Å². The molecule has 1 aromatic rings. The average molecular weight is 331 g/mol. The van der Waals surface area contributed by atoms with E-state index in [0.29, 0.717) is 13.2 Å². The fraction of sp³-hybridized carbons (Fsp3) is 0.500. The molecule has 3 aliphatic rings. The number of carbonyl (C=O) groups excluding carboxylic acids is 1. The van der Waals surface area contributed by atoms with Gasteiger partial charge in [0.05, 0.1) is 19.8 Å². The van der Waals surface area contributed by atoms with Gasteiger partial charge in [-0.15, -0.1) is 0 Å². The van der Waals surface area contributed by atoms with Gasteiger partial charge in [-0.25, -0.2) is 4.79 Å². The average Bonchev–Trinajstić information content (AvgIpc) is 3.08. The highest BCUT2D eigenvalue weighted by Gasteiger charge is 2.46. The second kappa shape index (κ2) is 6.02. The fourth-order valence-electron chi connectivity index (χ4n) is 3.98. The summed E-state index contributed by atoms with van der Waals surface area (Å²) in [5, 5.41) is 2.79. The standard InChI is InChI=1S/C18H21NO5/c1-21-17(20)19-9-16-18(5-3-2-4-6-18)13-8-15-14(23-11-24-15)7-12(13)10-22-16/h2-3,7-8,16H,4-6,9-11H2,1H3,(H,19,20). The first-order chi connectivity index (χ1) is 11.7. The van der Waals surface area contributed by atoms with E-state index in [1.165, 1.54) is 12.7 Å². The Balaban J connectivity index is 1.71. The van der Waals surface area contributed by atoms with Crippen molar-refractivity contribution in [1.29, 1.82) is 0 Å². The first-order valence-corrected chi connectivity index (χ1v) is 8.24. The van der Waals surface area contributed by atoms with Crippen molar-refractivity contribution in [3.05, 3.63) is 35.4 Å². The molecule has 6 nitrogen and oxygen atoms in total. The SMILES string of the molecule is COC(=O)NCC1OCc2cc3c(cc2C12CC=CCC2)OCO3. The van der Waals surface area contributed by atoms with Crippen molar-refractivity contribution < 1.29 is 23.7 Å². The Kier molecular flexibility index (Phi) is 3.84. The molecule has 1 amide bonds. The molecule has 1 aromatic carbocycles. The van der Waals surface area contributed by atoms with Gasteiger partial charge in [-0.2, -0.15) is 0 Å². The number of hydrogen-bond donors (Lipinski definition) is 1. The van der Waals surface area contributed by atoms with Crippen molar-refractivity contribution in [1.82, 2.24) is 5.32 Å². The van der Waals surface area contributed by atoms with Crippen LogP contribution in [0.4, 0.5) is 4.79 Å². The van der Waals surface area contributed by atoms with Gasteiger partial charge < -0.3 is 24.3 Å². The Labute approximate surface area is 140 Å². The number of allylic oxidation sites excluding steroid dienone is 2. The number of amides is 1. The van der Waals surface area contributed by atoms with E-state index in [4.69, 9.17) is 18.9 Å². The van der Waals surface area contributed by atoms with Crippen molar-refractivity contribution in [2.24, 2.45) is 0 Å². The van der Waals surface area contributed by atoms with Gasteiger partial charge in [0.25, 0.3) is 0 Å². The van der Waals surface area contributed by atoms with Crippen LogP contribution in [0.25, 0.3) is 0 Å². The van der Waals surface area contributed by atoms with Crippen LogP contribution >= 0.6 is 0 Å². The Morgan fingerprint density at radius 1 is 1.33 bits per heavy atom. The number of hydrogen-bond acceptors (Lipinski definition) is 5. The highest BCUT2D eigenvalue weighted by Crippen LogP contribution is 2.49. The molecule has 24 heavy (non-hydrogen) atoms. The van der Waals surface area contributed by atoms with E-state index >= 15 is 0 Å². The lowest BCUT2D eigenvalue weighted by Gasteiger charge is -2.46. The van der Waals surface area contributed by atoms with Crippen LogP contribution in [-0.2, 0) is 21.5 Å². The molecule has 2 aliphatic heterocycles. The van der Waals surface area contributed by atoms with E-state index in [1.54, 1.807) is 0 Å². The molecule has 1 N–H and O–H groups in total. The zero-order valence-electron chi connectivity index (χ0n) is 13.7. The second-order valence-electron chi connectivity index (χ2n) is 6.41. The first kappa shape index (κ1) is 15.3. The maximum atomic E-state index is 11.5. The van der Waals surface area contributed by atoms with Crippen molar-refractivity contribution in [3.8, 4) is 11.5 Å². The fourth-order valence-corrected chi connectivity index (χ4v) is 3.98. The Morgan fingerprint density at radius 3 is 2.92 bits per heavy atom. The third-order valence-corrected chi connectivity index (χ3v) is 5.21. The topological polar surface area (TPSA) is 66.0 Å². The minimum atomic E-state index is -0.434. The summed E-state index contributed by atoms with van der Waals surface area (Å²) < 4.78 is 21.9. The zero-order chi connectivity index (χ0) is 16.6. The molecular formula is C18H21NO5. The molecule has 0 saturated carbocycles. The van der Waals surface area contributed by atoms with Gasteiger partial charge in [0.15, 0.2) is 11.5 Å². The highest BCUT2D eigenvalue weighted by molar-refractivity contribution is 5.67. The molecule has 2 heterocycles. The van der Waals surface area contributed by atoms with Crippen molar-refractivity contribution in [2.75, 3.05) is 20.4 Å². The number of nitrogens with one attached hydrogen (secondary N) is 1. The molecule has 6 heteroatoms. The summed E-state index contributed by atoms with van der Waals surface area (Å²) in [6, 6.07) is 4.13. The smallest absolute Gasteiger partial charge is 0.406 e. The van der Waals surface area contributed by atoms with E-state index in [-0.39, 0.29) is 18.3 Å². The number of ether oxygens (including phenoxy) is 4. The summed E-state index contributed by atoms with van der Waals surface area (Å²) in [7, 11) is 1.37. The summed E-state index contributed by atoms with van der Waals surface area (Å²) in [6.45, 7) is 1.19. The summed E-state index contributed by atoms with van der Waals surface area (Å²) >= 11 is 0. The van der Waals surface area contributed by atoms with Crippen LogP contribution in [0.15, 0.2) is 24.3 Å². The maximum Gasteiger partial charge on any atom is 0.406 e. The van der Waals surface area contributed by atoms with Crippen LogP contribution in [-0.4, -0.2) is 32.6 Å². The van der Waals surface area contributed by atoms with Crippen LogP contribution in [0.2, 0.25) is 0 Å². The zero-order valence-corrected chi connectivity index (χ0v) is 13.7. The van der Waals surface area contributed by atoms with Crippen LogP contribution in [0.1, 0.15) is 30.4 Å². The monoisotopic (exact) mass is 331 g/mol. The van der Waals surface area contributed by atoms with Crippen molar-refractivity contribution >= 4 is 6.09 Å². The van der Waals surface area contributed by atoms with Crippen LogP contribution in [0.3, 0.4) is 0 Å². The Morgan fingerprint density at radius 2 is 2.17 bits per heavy atom. The number of carbonyl (C=O) groups is 1. The van der Waals surface area contributed by atoms with Gasteiger partial charge in [0.1, 0.15) is 0 Å². The second-order valence-corrected chi connectivity index (χ2v) is 6.41. The van der Waals surface area contributed by atoms with E-state index in [1.807, 2.05) is 6.07 Å². The summed E-state index contributed by atoms with van der Waals surface area (Å²) in [6.07, 6.45) is 6.73. The third kappa shape index (κ3) is 2.41. The first-order valence-electron chi connectivity index (χ1n) is 8.24. The van der Waals surface area contributed by atoms with E-state index in [0.717, 1.165) is 36.3 Å². The van der Waals surface area contributed by atoms with Gasteiger partial charge >= 0.3 is 6.09 Å². The largest absolute Gasteiger partial charge is 0.454 e. The number of rotatable bonds is 2. The molecular weight excluding hydrogens is 310 g/mol. The quantitative estimate of drug-likeness (QED) is 0.844. The third-order valence-electron chi connectivity index (χ3n) is 5.21. The number of methoxy groups -OCH3 is 1. The lowest BCUT2D eigenvalue weighted by Crippen LogP contribution is -2.51. The van der Waals surface area contributed by atoms with E-state index < -0.39 is 6.09 Å². The normalized spacial score (nSPS) is 27.0. The minimum absolute atomic E-state index is 0.102. The van der Waals surface area contributed by atoms with Gasteiger partial charge in [-0.05, 0) is 42.5 Å². The van der Waals surface area contributed by atoms with Gasteiger partial charge in [-0.3, -0.25) is 0 Å². The molecule has 0 radical (unpaired) electrons. The summed E-state index contributed by atoms with van der Waals surface area (Å²) in [5.74, 6) is 1.58. The highest BCUT2D eigenvalue weighted by atomic mass is 16.7. The molecule has 1 aliphatic carbocycles. The van der Waals surface area contributed by atoms with Crippen LogP contribution in [0, 0.1) is 0 Å². The van der Waals surface area contributed by atoms with Gasteiger partial charge in [0.2, 0.25) is 6.79 Å². The Hall–Kier alpha value is -2.21. The van der Waals surface area contributed by atoms with E-state index in [2.05, 4.69) is 23.5 Å². The summed E-state index contributed by atoms with van der Waals surface area (Å²) in [4.78, 5) is 11.5. The number of alkyl carbamates (subject to hydrolysis) is 1. The van der Waals surface area contributed by atoms with Crippen molar-refractivity contribution in [3.63, 3.8) is 0 Å². The molecule has 0 saturated heterocycles. The number of fused-ring (bicyclic) bond motifs is 3. The lowest BCUT2D eigenvalue weighted by molar-refractivity contribution is -0.0346. The molecule has 0 aromatic heterocycles.